The third-order valence-electron chi connectivity index (χ3n) is 4.83. The molecule has 0 atom stereocenters. The van der Waals surface area contributed by atoms with E-state index in [1.54, 1.807) is 0 Å². The molecule has 2 aromatic heterocycles. The van der Waals surface area contributed by atoms with Crippen LogP contribution in [-0.2, 0) is 0 Å². The molecule has 0 spiro atoms. The minimum absolute atomic E-state index is 0.0515. The molecule has 4 heteroatoms. The normalized spacial score (nSPS) is 10.6. The van der Waals surface area contributed by atoms with E-state index in [-0.39, 0.29) is 5.76 Å². The molecule has 4 aromatic rings. The molecule has 0 aliphatic heterocycles. The summed E-state index contributed by atoms with van der Waals surface area (Å²) in [6.07, 6.45) is 5.80. The Hall–Kier alpha value is -3.97. The van der Waals surface area contributed by atoms with Gasteiger partial charge in [0.25, 0.3) is 0 Å². The molecule has 0 aliphatic rings. The molecule has 0 bridgehead atoms. The van der Waals surface area contributed by atoms with Gasteiger partial charge in [0.2, 0.25) is 0 Å². The van der Waals surface area contributed by atoms with E-state index in [9.17, 15) is 10.4 Å². The third kappa shape index (κ3) is 3.00. The highest BCUT2D eigenvalue weighted by Gasteiger charge is 2.14. The van der Waals surface area contributed by atoms with E-state index in [4.69, 9.17) is 0 Å². The summed E-state index contributed by atoms with van der Waals surface area (Å²) in [6.45, 7) is 5.52. The summed E-state index contributed by atoms with van der Waals surface area (Å²) in [5.41, 5.74) is 6.03. The fraction of sp³-hybridized carbons (Fsp3) is 0.0417. The second kappa shape index (κ2) is 6.98. The van der Waals surface area contributed by atoms with E-state index in [1.165, 1.54) is 0 Å². The van der Waals surface area contributed by atoms with Gasteiger partial charge in [0.05, 0.1) is 11.3 Å². The molecule has 1 N–H and O–H groups in total. The van der Waals surface area contributed by atoms with Gasteiger partial charge in [0.1, 0.15) is 11.8 Å². The Morgan fingerprint density at radius 1 is 1.00 bits per heavy atom. The number of aromatic nitrogens is 2. The number of nitrogens with zero attached hydrogens (tertiary/aromatic N) is 3. The number of aliphatic hydroxyl groups excluding tert-OH is 1. The Labute approximate surface area is 163 Å². The van der Waals surface area contributed by atoms with Crippen molar-refractivity contribution in [2.24, 2.45) is 0 Å². The van der Waals surface area contributed by atoms with Gasteiger partial charge in [-0.2, -0.15) is 5.26 Å². The zero-order valence-corrected chi connectivity index (χ0v) is 15.5. The third-order valence-corrected chi connectivity index (χ3v) is 4.83. The Morgan fingerprint density at radius 3 is 2.46 bits per heavy atom. The predicted octanol–water partition coefficient (Wildman–Crippen LogP) is 5.64. The van der Waals surface area contributed by atoms with Crippen LogP contribution in [0.3, 0.4) is 0 Å². The van der Waals surface area contributed by atoms with Gasteiger partial charge in [0.15, 0.2) is 0 Å². The van der Waals surface area contributed by atoms with Gasteiger partial charge in [-0.1, -0.05) is 24.8 Å². The van der Waals surface area contributed by atoms with Crippen molar-refractivity contribution in [3.8, 4) is 28.7 Å². The van der Waals surface area contributed by atoms with Crippen LogP contribution in [0, 0.1) is 18.3 Å². The maximum Gasteiger partial charge on any atom is 0.115 e. The number of aliphatic hydroxyl groups is 1. The molecular formula is C24H19N3O. The SMILES string of the molecule is C=C(O)c1ccc(-n2cc(C#N)c(-c3cccn3-c3ccccc3)c2)cc1C. The second-order valence-electron chi connectivity index (χ2n) is 6.65. The van der Waals surface area contributed by atoms with Gasteiger partial charge in [-0.05, 0) is 55.0 Å². The van der Waals surface area contributed by atoms with Crippen LogP contribution >= 0.6 is 0 Å². The molecule has 2 aromatic carbocycles. The summed E-state index contributed by atoms with van der Waals surface area (Å²) in [5.74, 6) is 0.0515. The number of nitriles is 1. The molecule has 0 unspecified atom stereocenters. The molecule has 0 aliphatic carbocycles. The van der Waals surface area contributed by atoms with Crippen molar-refractivity contribution in [3.63, 3.8) is 0 Å². The van der Waals surface area contributed by atoms with E-state index in [0.717, 1.165) is 33.8 Å². The molecule has 0 radical (unpaired) electrons. The average molecular weight is 365 g/mol. The summed E-state index contributed by atoms with van der Waals surface area (Å²) in [6, 6.07) is 22.1. The fourth-order valence-corrected chi connectivity index (χ4v) is 3.44. The molecule has 4 nitrogen and oxygen atoms in total. The lowest BCUT2D eigenvalue weighted by atomic mass is 10.1. The van der Waals surface area contributed by atoms with Crippen molar-refractivity contribution in [1.29, 1.82) is 5.26 Å². The Morgan fingerprint density at radius 2 is 1.79 bits per heavy atom. The van der Waals surface area contributed by atoms with Crippen LogP contribution in [0.4, 0.5) is 0 Å². The Bertz CT molecular complexity index is 1210. The maximum absolute atomic E-state index is 9.69. The highest BCUT2D eigenvalue weighted by atomic mass is 16.3. The fourth-order valence-electron chi connectivity index (χ4n) is 3.44. The van der Waals surface area contributed by atoms with Crippen molar-refractivity contribution in [3.05, 3.63) is 103 Å². The first-order chi connectivity index (χ1) is 13.6. The van der Waals surface area contributed by atoms with Gasteiger partial charge < -0.3 is 14.2 Å². The lowest BCUT2D eigenvalue weighted by Crippen LogP contribution is -1.95. The smallest absolute Gasteiger partial charge is 0.115 e. The van der Waals surface area contributed by atoms with Gasteiger partial charge >= 0.3 is 0 Å². The monoisotopic (exact) mass is 365 g/mol. The minimum Gasteiger partial charge on any atom is -0.508 e. The highest BCUT2D eigenvalue weighted by Crippen LogP contribution is 2.29. The predicted molar refractivity (Wildman–Crippen MR) is 112 cm³/mol. The van der Waals surface area contributed by atoms with Crippen LogP contribution in [0.5, 0.6) is 0 Å². The van der Waals surface area contributed by atoms with E-state index in [1.807, 2.05) is 90.7 Å². The van der Waals surface area contributed by atoms with Crippen LogP contribution in [0.15, 0.2) is 85.8 Å². The number of aryl methyl sites for hydroxylation is 1. The van der Waals surface area contributed by atoms with Crippen molar-refractivity contribution in [2.45, 2.75) is 6.92 Å². The first kappa shape index (κ1) is 17.4. The van der Waals surface area contributed by atoms with E-state index in [0.29, 0.717) is 5.56 Å². The Kier molecular flexibility index (Phi) is 4.35. The number of para-hydroxylation sites is 1. The summed E-state index contributed by atoms with van der Waals surface area (Å²) in [4.78, 5) is 0. The number of benzene rings is 2. The zero-order valence-electron chi connectivity index (χ0n) is 15.5. The minimum atomic E-state index is 0.0515. The van der Waals surface area contributed by atoms with Crippen LogP contribution < -0.4 is 0 Å². The van der Waals surface area contributed by atoms with Crippen LogP contribution in [0.25, 0.3) is 28.4 Å². The topological polar surface area (TPSA) is 53.9 Å². The van der Waals surface area contributed by atoms with Crippen molar-refractivity contribution in [2.75, 3.05) is 0 Å². The van der Waals surface area contributed by atoms with Crippen molar-refractivity contribution >= 4 is 5.76 Å². The summed E-state index contributed by atoms with van der Waals surface area (Å²) in [5, 5.41) is 19.4. The quantitative estimate of drug-likeness (QED) is 0.476. The molecule has 4 rings (SSSR count). The molecule has 0 saturated heterocycles. The van der Waals surface area contributed by atoms with E-state index < -0.39 is 0 Å². The van der Waals surface area contributed by atoms with Gasteiger partial charge in [-0.3, -0.25) is 0 Å². The molecule has 136 valence electrons. The largest absolute Gasteiger partial charge is 0.508 e. The zero-order chi connectivity index (χ0) is 19.7. The molecule has 2 heterocycles. The number of rotatable bonds is 4. The summed E-state index contributed by atoms with van der Waals surface area (Å²) in [7, 11) is 0. The Balaban J connectivity index is 1.81. The molecule has 0 amide bonds. The second-order valence-corrected chi connectivity index (χ2v) is 6.65. The first-order valence-electron chi connectivity index (χ1n) is 8.93. The number of hydrogen-bond donors (Lipinski definition) is 1. The maximum atomic E-state index is 9.69. The average Bonchev–Trinajstić information content (AvgIpc) is 3.35. The first-order valence-corrected chi connectivity index (χ1v) is 8.93. The highest BCUT2D eigenvalue weighted by molar-refractivity contribution is 5.71. The number of hydrogen-bond acceptors (Lipinski definition) is 2. The van der Waals surface area contributed by atoms with Crippen LogP contribution in [0.1, 0.15) is 16.7 Å². The van der Waals surface area contributed by atoms with Gasteiger partial charge in [-0.15, -0.1) is 0 Å². The van der Waals surface area contributed by atoms with E-state index in [2.05, 4.69) is 17.2 Å². The van der Waals surface area contributed by atoms with Crippen molar-refractivity contribution < 1.29 is 5.11 Å². The van der Waals surface area contributed by atoms with Crippen molar-refractivity contribution in [1.82, 2.24) is 9.13 Å². The van der Waals surface area contributed by atoms with E-state index >= 15 is 0 Å². The molecular weight excluding hydrogens is 346 g/mol. The molecule has 28 heavy (non-hydrogen) atoms. The summed E-state index contributed by atoms with van der Waals surface area (Å²) >= 11 is 0. The molecule has 0 saturated carbocycles. The lowest BCUT2D eigenvalue weighted by Gasteiger charge is -2.09. The van der Waals surface area contributed by atoms with Gasteiger partial charge in [0, 0.05) is 41.1 Å². The lowest BCUT2D eigenvalue weighted by molar-refractivity contribution is 0.513. The molecule has 0 fully saturated rings. The van der Waals surface area contributed by atoms with Crippen LogP contribution in [-0.4, -0.2) is 14.2 Å². The summed E-state index contributed by atoms with van der Waals surface area (Å²) < 4.78 is 4.01. The van der Waals surface area contributed by atoms with Crippen LogP contribution in [0.2, 0.25) is 0 Å². The van der Waals surface area contributed by atoms with Gasteiger partial charge in [-0.25, -0.2) is 0 Å². The standard InChI is InChI=1S/C24H19N3O/c1-17-13-21(10-11-22(17)18(2)28)26-15-19(14-25)23(16-26)24-9-6-12-27(24)20-7-4-3-5-8-20/h3-13,15-16,28H,2H2,1H3.